The minimum absolute atomic E-state index is 0.730. The number of furan rings is 1. The number of halogens is 1. The lowest BCUT2D eigenvalue weighted by molar-refractivity contribution is 0.673. The molecule has 5 rings (SSSR count). The van der Waals surface area contributed by atoms with E-state index in [1.165, 1.54) is 10.9 Å². The molecule has 0 aliphatic heterocycles. The van der Waals surface area contributed by atoms with E-state index in [1.807, 2.05) is 18.2 Å². The van der Waals surface area contributed by atoms with Crippen molar-refractivity contribution in [3.05, 3.63) is 71.2 Å². The quantitative estimate of drug-likeness (QED) is 0.304. The van der Waals surface area contributed by atoms with E-state index in [2.05, 4.69) is 49.4 Å². The molecule has 0 N–H and O–H groups in total. The van der Waals surface area contributed by atoms with Crippen molar-refractivity contribution < 1.29 is 4.42 Å². The maximum atomic E-state index is 6.45. The molecule has 0 aliphatic carbocycles. The van der Waals surface area contributed by atoms with Crippen molar-refractivity contribution in [1.82, 2.24) is 0 Å². The van der Waals surface area contributed by atoms with Gasteiger partial charge in [-0.3, -0.25) is 0 Å². The molecule has 0 atom stereocenters. The highest BCUT2D eigenvalue weighted by Crippen LogP contribution is 2.41. The Morgan fingerprint density at radius 2 is 1.39 bits per heavy atom. The SMILES string of the molecule is Cc1cc2c(oc3cc(Cl)c4ccccc4c32)c2ccccc12. The van der Waals surface area contributed by atoms with Gasteiger partial charge in [0.15, 0.2) is 0 Å². The summed E-state index contributed by atoms with van der Waals surface area (Å²) in [4.78, 5) is 0. The first-order valence-electron chi connectivity index (χ1n) is 7.66. The van der Waals surface area contributed by atoms with Crippen molar-refractivity contribution in [2.24, 2.45) is 0 Å². The number of hydrogen-bond donors (Lipinski definition) is 0. The van der Waals surface area contributed by atoms with Crippen LogP contribution >= 0.6 is 11.6 Å². The average molecular weight is 317 g/mol. The van der Waals surface area contributed by atoms with Gasteiger partial charge in [0.25, 0.3) is 0 Å². The van der Waals surface area contributed by atoms with Crippen molar-refractivity contribution in [2.45, 2.75) is 6.92 Å². The Morgan fingerprint density at radius 3 is 2.17 bits per heavy atom. The standard InChI is InChI=1S/C21H13ClO/c1-12-10-17-20-15-8-4-3-7-14(15)18(22)11-19(20)23-21(17)16-9-5-2-6-13(12)16/h2-11H,1H3. The van der Waals surface area contributed by atoms with Gasteiger partial charge in [-0.25, -0.2) is 0 Å². The molecule has 0 spiro atoms. The Morgan fingerprint density at radius 1 is 0.739 bits per heavy atom. The Labute approximate surface area is 138 Å². The predicted molar refractivity (Wildman–Crippen MR) is 98.5 cm³/mol. The molecule has 1 aromatic heterocycles. The highest BCUT2D eigenvalue weighted by molar-refractivity contribution is 6.38. The van der Waals surface area contributed by atoms with Crippen LogP contribution in [0.4, 0.5) is 0 Å². The monoisotopic (exact) mass is 316 g/mol. The normalized spacial score (nSPS) is 11.9. The van der Waals surface area contributed by atoms with E-state index in [0.717, 1.165) is 43.1 Å². The molecule has 0 aliphatic rings. The first kappa shape index (κ1) is 13.0. The highest BCUT2D eigenvalue weighted by Gasteiger charge is 2.15. The van der Waals surface area contributed by atoms with Crippen molar-refractivity contribution in [3.63, 3.8) is 0 Å². The van der Waals surface area contributed by atoms with Gasteiger partial charge in [-0.2, -0.15) is 0 Å². The summed E-state index contributed by atoms with van der Waals surface area (Å²) >= 11 is 6.45. The molecule has 23 heavy (non-hydrogen) atoms. The third kappa shape index (κ3) is 1.68. The molecule has 4 aromatic carbocycles. The molecule has 0 radical (unpaired) electrons. The number of benzene rings is 4. The number of aryl methyl sites for hydroxylation is 1. The summed E-state index contributed by atoms with van der Waals surface area (Å²) in [5.41, 5.74) is 3.04. The van der Waals surface area contributed by atoms with Crippen LogP contribution < -0.4 is 0 Å². The fraction of sp³-hybridized carbons (Fsp3) is 0.0476. The second-order valence-corrected chi connectivity index (χ2v) is 6.40. The summed E-state index contributed by atoms with van der Waals surface area (Å²) in [5, 5.41) is 7.62. The summed E-state index contributed by atoms with van der Waals surface area (Å²) in [5.74, 6) is 0. The lowest BCUT2D eigenvalue weighted by Gasteiger charge is -2.04. The summed E-state index contributed by atoms with van der Waals surface area (Å²) in [6.07, 6.45) is 0. The molecule has 1 nitrogen and oxygen atoms in total. The first-order chi connectivity index (χ1) is 11.2. The van der Waals surface area contributed by atoms with Gasteiger partial charge >= 0.3 is 0 Å². The maximum Gasteiger partial charge on any atom is 0.143 e. The molecule has 5 aromatic rings. The van der Waals surface area contributed by atoms with Crippen LogP contribution in [0.3, 0.4) is 0 Å². The smallest absolute Gasteiger partial charge is 0.143 e. The largest absolute Gasteiger partial charge is 0.455 e. The summed E-state index contributed by atoms with van der Waals surface area (Å²) in [7, 11) is 0. The predicted octanol–water partition coefficient (Wildman–Crippen LogP) is 6.85. The topological polar surface area (TPSA) is 13.1 Å². The minimum Gasteiger partial charge on any atom is -0.455 e. The third-order valence-electron chi connectivity index (χ3n) is 4.64. The van der Waals surface area contributed by atoms with Gasteiger partial charge in [0.1, 0.15) is 11.2 Å². The van der Waals surface area contributed by atoms with Crippen molar-refractivity contribution in [3.8, 4) is 0 Å². The zero-order valence-corrected chi connectivity index (χ0v) is 13.3. The molecular formula is C21H13ClO. The maximum absolute atomic E-state index is 6.45. The molecule has 0 saturated carbocycles. The second kappa shape index (κ2) is 4.50. The zero-order chi connectivity index (χ0) is 15.6. The lowest BCUT2D eigenvalue weighted by atomic mass is 9.99. The van der Waals surface area contributed by atoms with Crippen molar-refractivity contribution in [1.29, 1.82) is 0 Å². The van der Waals surface area contributed by atoms with Crippen LogP contribution in [0.15, 0.2) is 65.1 Å². The second-order valence-electron chi connectivity index (χ2n) is 5.99. The van der Waals surface area contributed by atoms with Crippen LogP contribution in [0.25, 0.3) is 43.5 Å². The van der Waals surface area contributed by atoms with E-state index >= 15 is 0 Å². The van der Waals surface area contributed by atoms with Crippen LogP contribution in [0.5, 0.6) is 0 Å². The van der Waals surface area contributed by atoms with E-state index in [0.29, 0.717) is 0 Å². The zero-order valence-electron chi connectivity index (χ0n) is 12.6. The summed E-state index contributed by atoms with van der Waals surface area (Å²) in [6, 6.07) is 20.8. The van der Waals surface area contributed by atoms with Gasteiger partial charge in [-0.05, 0) is 29.3 Å². The Bertz CT molecular complexity index is 1230. The molecule has 0 saturated heterocycles. The van der Waals surface area contributed by atoms with E-state index in [1.54, 1.807) is 0 Å². The minimum atomic E-state index is 0.730. The van der Waals surface area contributed by atoms with E-state index in [9.17, 15) is 0 Å². The lowest BCUT2D eigenvalue weighted by Crippen LogP contribution is -1.80. The molecule has 0 bridgehead atoms. The van der Waals surface area contributed by atoms with Gasteiger partial charge in [-0.1, -0.05) is 60.1 Å². The highest BCUT2D eigenvalue weighted by atomic mass is 35.5. The fourth-order valence-electron chi connectivity index (χ4n) is 3.60. The molecule has 0 unspecified atom stereocenters. The molecule has 110 valence electrons. The van der Waals surface area contributed by atoms with Gasteiger partial charge in [0.05, 0.1) is 5.02 Å². The third-order valence-corrected chi connectivity index (χ3v) is 4.95. The van der Waals surface area contributed by atoms with Gasteiger partial charge < -0.3 is 4.42 Å². The van der Waals surface area contributed by atoms with Crippen LogP contribution in [-0.2, 0) is 0 Å². The molecule has 2 heteroatoms. The number of rotatable bonds is 0. The van der Waals surface area contributed by atoms with E-state index in [-0.39, 0.29) is 0 Å². The fourth-order valence-corrected chi connectivity index (χ4v) is 3.86. The van der Waals surface area contributed by atoms with Crippen LogP contribution in [0.2, 0.25) is 5.02 Å². The van der Waals surface area contributed by atoms with Gasteiger partial charge in [-0.15, -0.1) is 0 Å². The summed E-state index contributed by atoms with van der Waals surface area (Å²) in [6.45, 7) is 2.15. The van der Waals surface area contributed by atoms with Crippen molar-refractivity contribution >= 4 is 55.1 Å². The Balaban J connectivity index is 2.14. The molecule has 1 heterocycles. The van der Waals surface area contributed by atoms with Crippen LogP contribution in [0.1, 0.15) is 5.56 Å². The average Bonchev–Trinajstić information content (AvgIpc) is 2.94. The number of hydrogen-bond acceptors (Lipinski definition) is 1. The van der Waals surface area contributed by atoms with Crippen molar-refractivity contribution in [2.75, 3.05) is 0 Å². The molecule has 0 amide bonds. The first-order valence-corrected chi connectivity index (χ1v) is 8.03. The number of fused-ring (bicyclic) bond motifs is 7. The molecule has 0 fully saturated rings. The van der Waals surface area contributed by atoms with E-state index in [4.69, 9.17) is 16.0 Å². The summed E-state index contributed by atoms with van der Waals surface area (Å²) < 4.78 is 6.23. The molecular weight excluding hydrogens is 304 g/mol. The van der Waals surface area contributed by atoms with Gasteiger partial charge in [0, 0.05) is 27.6 Å². The van der Waals surface area contributed by atoms with Crippen LogP contribution in [-0.4, -0.2) is 0 Å². The van der Waals surface area contributed by atoms with Crippen LogP contribution in [0, 0.1) is 6.92 Å². The van der Waals surface area contributed by atoms with E-state index < -0.39 is 0 Å². The Kier molecular flexibility index (Phi) is 2.54. The Hall–Kier alpha value is -2.51. The van der Waals surface area contributed by atoms with Gasteiger partial charge in [0.2, 0.25) is 0 Å².